The van der Waals surface area contributed by atoms with E-state index in [-0.39, 0.29) is 12.8 Å². The van der Waals surface area contributed by atoms with Crippen LogP contribution in [0.2, 0.25) is 5.02 Å². The molecule has 1 aliphatic heterocycles. The van der Waals surface area contributed by atoms with Crippen LogP contribution in [0.4, 0.5) is 18.9 Å². The first-order chi connectivity index (χ1) is 8.91. The molecule has 0 aliphatic carbocycles. The van der Waals surface area contributed by atoms with Crippen molar-refractivity contribution in [2.45, 2.75) is 19.0 Å². The molecule has 19 heavy (non-hydrogen) atoms. The Hall–Kier alpha value is -1.23. The minimum Gasteiger partial charge on any atom is -0.371 e. The number of alkyl halides is 3. The van der Waals surface area contributed by atoms with Crippen molar-refractivity contribution in [2.75, 3.05) is 18.0 Å². The van der Waals surface area contributed by atoms with Crippen molar-refractivity contribution in [1.29, 1.82) is 0 Å². The SMILES string of the molecule is O=Cc1cc(Cl)ccc1N1CCC(C(F)(F)F)CC1. The van der Waals surface area contributed by atoms with E-state index in [9.17, 15) is 18.0 Å². The van der Waals surface area contributed by atoms with Crippen LogP contribution in [0.5, 0.6) is 0 Å². The number of hydrogen-bond donors (Lipinski definition) is 0. The third-order valence-electron chi connectivity index (χ3n) is 3.42. The number of carbonyl (C=O) groups excluding carboxylic acids is 1. The van der Waals surface area contributed by atoms with E-state index >= 15 is 0 Å². The Labute approximate surface area is 114 Å². The molecule has 1 aliphatic rings. The lowest BCUT2D eigenvalue weighted by Crippen LogP contribution is -2.39. The quantitative estimate of drug-likeness (QED) is 0.770. The van der Waals surface area contributed by atoms with Crippen LogP contribution < -0.4 is 4.90 Å². The Balaban J connectivity index is 2.12. The number of benzene rings is 1. The van der Waals surface area contributed by atoms with Gasteiger partial charge in [-0.3, -0.25) is 4.79 Å². The summed E-state index contributed by atoms with van der Waals surface area (Å²) < 4.78 is 37.7. The van der Waals surface area contributed by atoms with Gasteiger partial charge in [-0.1, -0.05) is 11.6 Å². The molecule has 0 aromatic heterocycles. The zero-order valence-corrected chi connectivity index (χ0v) is 10.8. The van der Waals surface area contributed by atoms with Crippen LogP contribution in [0.25, 0.3) is 0 Å². The van der Waals surface area contributed by atoms with Gasteiger partial charge in [0.25, 0.3) is 0 Å². The minimum atomic E-state index is -4.13. The lowest BCUT2D eigenvalue weighted by Gasteiger charge is -2.35. The normalized spacial score (nSPS) is 17.6. The molecule has 2 rings (SSSR count). The summed E-state index contributed by atoms with van der Waals surface area (Å²) in [5.74, 6) is -1.24. The van der Waals surface area contributed by atoms with Gasteiger partial charge in [-0.25, -0.2) is 0 Å². The number of piperidine rings is 1. The summed E-state index contributed by atoms with van der Waals surface area (Å²) in [6.45, 7) is 0.597. The molecule has 0 radical (unpaired) electrons. The van der Waals surface area contributed by atoms with E-state index in [1.54, 1.807) is 12.1 Å². The fraction of sp³-hybridized carbons (Fsp3) is 0.462. The zero-order chi connectivity index (χ0) is 14.0. The van der Waals surface area contributed by atoms with Crippen LogP contribution in [-0.2, 0) is 0 Å². The number of anilines is 1. The summed E-state index contributed by atoms with van der Waals surface area (Å²) in [6, 6.07) is 4.85. The highest BCUT2D eigenvalue weighted by Crippen LogP contribution is 2.36. The van der Waals surface area contributed by atoms with Gasteiger partial charge >= 0.3 is 6.18 Å². The third-order valence-corrected chi connectivity index (χ3v) is 3.65. The van der Waals surface area contributed by atoms with Crippen molar-refractivity contribution in [1.82, 2.24) is 0 Å². The molecule has 1 aromatic carbocycles. The second-order valence-electron chi connectivity index (χ2n) is 4.62. The predicted octanol–water partition coefficient (Wildman–Crippen LogP) is 3.93. The van der Waals surface area contributed by atoms with Gasteiger partial charge in [0.15, 0.2) is 6.29 Å². The highest BCUT2D eigenvalue weighted by atomic mass is 35.5. The lowest BCUT2D eigenvalue weighted by atomic mass is 9.95. The van der Waals surface area contributed by atoms with E-state index in [0.29, 0.717) is 35.6 Å². The molecular weight excluding hydrogens is 279 g/mol. The Morgan fingerprint density at radius 3 is 2.42 bits per heavy atom. The topological polar surface area (TPSA) is 20.3 Å². The summed E-state index contributed by atoms with van der Waals surface area (Å²) in [4.78, 5) is 12.8. The monoisotopic (exact) mass is 291 g/mol. The molecule has 0 unspecified atom stereocenters. The summed E-state index contributed by atoms with van der Waals surface area (Å²) in [6.07, 6.45) is -3.33. The molecule has 1 saturated heterocycles. The fourth-order valence-corrected chi connectivity index (χ4v) is 2.54. The lowest BCUT2D eigenvalue weighted by molar-refractivity contribution is -0.179. The van der Waals surface area contributed by atoms with E-state index in [0.717, 1.165) is 0 Å². The van der Waals surface area contributed by atoms with E-state index in [4.69, 9.17) is 11.6 Å². The smallest absolute Gasteiger partial charge is 0.371 e. The number of halogens is 4. The number of nitrogens with zero attached hydrogens (tertiary/aromatic N) is 1. The highest BCUT2D eigenvalue weighted by molar-refractivity contribution is 6.31. The summed E-state index contributed by atoms with van der Waals surface area (Å²) in [7, 11) is 0. The molecule has 0 atom stereocenters. The van der Waals surface area contributed by atoms with E-state index in [2.05, 4.69) is 0 Å². The minimum absolute atomic E-state index is 0.0599. The van der Waals surface area contributed by atoms with Gasteiger partial charge in [0.1, 0.15) is 0 Å². The maximum atomic E-state index is 12.6. The van der Waals surface area contributed by atoms with Crippen molar-refractivity contribution in [3.8, 4) is 0 Å². The van der Waals surface area contributed by atoms with Gasteiger partial charge in [0.05, 0.1) is 5.92 Å². The average Bonchev–Trinajstić information content (AvgIpc) is 2.37. The van der Waals surface area contributed by atoms with Gasteiger partial charge in [-0.05, 0) is 31.0 Å². The van der Waals surface area contributed by atoms with Crippen molar-refractivity contribution in [3.63, 3.8) is 0 Å². The predicted molar refractivity (Wildman–Crippen MR) is 67.8 cm³/mol. The number of carbonyl (C=O) groups is 1. The maximum absolute atomic E-state index is 12.6. The van der Waals surface area contributed by atoms with Crippen LogP contribution in [0.15, 0.2) is 18.2 Å². The molecule has 1 aromatic rings. The molecule has 0 bridgehead atoms. The standard InChI is InChI=1S/C13H13ClF3NO/c14-11-1-2-12(9(7-11)8-19)18-5-3-10(4-6-18)13(15,16)17/h1-2,7-8,10H,3-6H2. The molecule has 0 spiro atoms. The first kappa shape index (κ1) is 14.2. The number of aldehydes is 1. The fourth-order valence-electron chi connectivity index (χ4n) is 2.36. The zero-order valence-electron chi connectivity index (χ0n) is 10.1. The second kappa shape index (κ2) is 5.41. The van der Waals surface area contributed by atoms with Crippen molar-refractivity contribution in [3.05, 3.63) is 28.8 Å². The van der Waals surface area contributed by atoms with Crippen molar-refractivity contribution in [2.24, 2.45) is 5.92 Å². The third kappa shape index (κ3) is 3.21. The molecule has 2 nitrogen and oxygen atoms in total. The Bertz CT molecular complexity index is 467. The van der Waals surface area contributed by atoms with E-state index in [1.165, 1.54) is 6.07 Å². The molecular formula is C13H13ClF3NO. The van der Waals surface area contributed by atoms with Crippen LogP contribution in [0.3, 0.4) is 0 Å². The first-order valence-corrected chi connectivity index (χ1v) is 6.36. The second-order valence-corrected chi connectivity index (χ2v) is 5.06. The van der Waals surface area contributed by atoms with Gasteiger partial charge < -0.3 is 4.90 Å². The highest BCUT2D eigenvalue weighted by Gasteiger charge is 2.41. The van der Waals surface area contributed by atoms with Crippen molar-refractivity contribution < 1.29 is 18.0 Å². The van der Waals surface area contributed by atoms with Crippen LogP contribution >= 0.6 is 11.6 Å². The Morgan fingerprint density at radius 2 is 1.89 bits per heavy atom. The van der Waals surface area contributed by atoms with Crippen LogP contribution in [0, 0.1) is 5.92 Å². The van der Waals surface area contributed by atoms with Gasteiger partial charge in [0.2, 0.25) is 0 Å². The molecule has 0 N–H and O–H groups in total. The van der Waals surface area contributed by atoms with Gasteiger partial charge in [-0.2, -0.15) is 13.2 Å². The van der Waals surface area contributed by atoms with Gasteiger partial charge in [0, 0.05) is 29.4 Å². The summed E-state index contributed by atoms with van der Waals surface area (Å²) >= 11 is 5.79. The first-order valence-electron chi connectivity index (χ1n) is 5.98. The van der Waals surface area contributed by atoms with Crippen LogP contribution in [-0.4, -0.2) is 25.6 Å². The maximum Gasteiger partial charge on any atom is 0.391 e. The molecule has 0 saturated carbocycles. The van der Waals surface area contributed by atoms with Gasteiger partial charge in [-0.15, -0.1) is 0 Å². The van der Waals surface area contributed by atoms with Crippen molar-refractivity contribution >= 4 is 23.6 Å². The largest absolute Gasteiger partial charge is 0.391 e. The molecule has 0 amide bonds. The molecule has 6 heteroatoms. The number of rotatable bonds is 2. The van der Waals surface area contributed by atoms with E-state index < -0.39 is 12.1 Å². The van der Waals surface area contributed by atoms with E-state index in [1.807, 2.05) is 4.90 Å². The molecule has 1 heterocycles. The summed E-state index contributed by atoms with van der Waals surface area (Å²) in [5.41, 5.74) is 1.07. The van der Waals surface area contributed by atoms with Crippen LogP contribution in [0.1, 0.15) is 23.2 Å². The Kier molecular flexibility index (Phi) is 4.04. The average molecular weight is 292 g/mol. The molecule has 104 valence electrons. The number of hydrogen-bond acceptors (Lipinski definition) is 2. The Morgan fingerprint density at radius 1 is 1.26 bits per heavy atom. The summed E-state index contributed by atoms with van der Waals surface area (Å²) in [5, 5.41) is 0.441. The molecule has 1 fully saturated rings.